The summed E-state index contributed by atoms with van der Waals surface area (Å²) in [5.41, 5.74) is 4.14. The molecule has 2 aliphatic heterocycles. The molecule has 2 atom stereocenters. The van der Waals surface area contributed by atoms with Crippen LogP contribution in [0.2, 0.25) is 0 Å². The second kappa shape index (κ2) is 6.22. The van der Waals surface area contributed by atoms with E-state index in [0.717, 1.165) is 0 Å². The summed E-state index contributed by atoms with van der Waals surface area (Å²) < 4.78 is 5.37. The van der Waals surface area contributed by atoms with E-state index in [1.54, 1.807) is 32.6 Å². The summed E-state index contributed by atoms with van der Waals surface area (Å²) in [4.78, 5) is 39.7. The van der Waals surface area contributed by atoms with E-state index in [1.165, 1.54) is 16.7 Å². The van der Waals surface area contributed by atoms with Crippen molar-refractivity contribution in [3.05, 3.63) is 0 Å². The minimum Gasteiger partial charge on any atom is -0.444 e. The number of ether oxygens (including phenoxy) is 1. The van der Waals surface area contributed by atoms with Crippen LogP contribution < -0.4 is 5.73 Å². The monoisotopic (exact) mass is 343 g/mol. The molecule has 2 saturated heterocycles. The largest absolute Gasteiger partial charge is 0.444 e. The summed E-state index contributed by atoms with van der Waals surface area (Å²) in [5, 5.41) is 0. The molecule has 0 spiro atoms. The molecule has 2 rings (SSSR count). The molecular weight excluding hydrogens is 318 g/mol. The molecule has 0 aromatic rings. The fourth-order valence-corrected chi connectivity index (χ4v) is 3.84. The molecule has 23 heavy (non-hydrogen) atoms. The fourth-order valence-electron chi connectivity index (χ4n) is 2.71. The first-order valence-electron chi connectivity index (χ1n) is 7.69. The molecule has 0 aromatic heterocycles. The number of likely N-dealkylation sites (tertiary alicyclic amines) is 1. The summed E-state index contributed by atoms with van der Waals surface area (Å²) in [7, 11) is 0. The van der Waals surface area contributed by atoms with Gasteiger partial charge in [0.05, 0.1) is 11.3 Å². The lowest BCUT2D eigenvalue weighted by Gasteiger charge is -2.30. The third-order valence-corrected chi connectivity index (χ3v) is 5.19. The number of rotatable bonds is 2. The maximum absolute atomic E-state index is 12.7. The summed E-state index contributed by atoms with van der Waals surface area (Å²) >= 11 is 1.52. The zero-order valence-electron chi connectivity index (χ0n) is 14.1. The van der Waals surface area contributed by atoms with Crippen molar-refractivity contribution in [1.82, 2.24) is 9.80 Å². The number of primary amides is 1. The smallest absolute Gasteiger partial charge is 0.411 e. The Bertz CT molecular complexity index is 519. The Morgan fingerprint density at radius 3 is 2.48 bits per heavy atom. The standard InChI is InChI=1S/C15H25N3O4S/c1-14(2,3)22-13(21)18-9-23-7-10(18)11(19)17-6-5-15(4,8-17)12(16)20/h10H,5-9H2,1-4H3,(H2,16,20)/t10-,15?/m1/s1. The Kier molecular flexibility index (Phi) is 4.84. The van der Waals surface area contributed by atoms with Gasteiger partial charge in [-0.3, -0.25) is 14.5 Å². The lowest BCUT2D eigenvalue weighted by molar-refractivity contribution is -0.135. The highest BCUT2D eigenvalue weighted by atomic mass is 32.2. The van der Waals surface area contributed by atoms with Crippen LogP contribution in [0.1, 0.15) is 34.1 Å². The molecule has 8 heteroatoms. The van der Waals surface area contributed by atoms with Gasteiger partial charge in [-0.2, -0.15) is 0 Å². The van der Waals surface area contributed by atoms with E-state index in [0.29, 0.717) is 31.1 Å². The van der Waals surface area contributed by atoms with E-state index in [4.69, 9.17) is 10.5 Å². The van der Waals surface area contributed by atoms with E-state index in [2.05, 4.69) is 0 Å². The number of carbonyl (C=O) groups excluding carboxylic acids is 3. The first kappa shape index (κ1) is 17.9. The van der Waals surface area contributed by atoms with E-state index >= 15 is 0 Å². The van der Waals surface area contributed by atoms with Gasteiger partial charge in [0.15, 0.2) is 0 Å². The fraction of sp³-hybridized carbons (Fsp3) is 0.800. The van der Waals surface area contributed by atoms with Gasteiger partial charge in [0.2, 0.25) is 11.8 Å². The SMILES string of the molecule is CC(C)(C)OC(=O)N1CSC[C@@H]1C(=O)N1CCC(C)(C(N)=O)C1. The van der Waals surface area contributed by atoms with Crippen LogP contribution in [0, 0.1) is 5.41 Å². The van der Waals surface area contributed by atoms with Gasteiger partial charge in [0, 0.05) is 18.8 Å². The molecule has 1 unspecified atom stereocenters. The number of carbonyl (C=O) groups is 3. The zero-order chi connectivity index (χ0) is 17.4. The van der Waals surface area contributed by atoms with Crippen LogP contribution in [0.25, 0.3) is 0 Å². The Morgan fingerprint density at radius 2 is 1.96 bits per heavy atom. The van der Waals surface area contributed by atoms with Crippen molar-refractivity contribution in [1.29, 1.82) is 0 Å². The molecule has 0 aromatic carbocycles. The van der Waals surface area contributed by atoms with Crippen LogP contribution in [0.3, 0.4) is 0 Å². The maximum Gasteiger partial charge on any atom is 0.411 e. The molecule has 2 heterocycles. The topological polar surface area (TPSA) is 92.9 Å². The van der Waals surface area contributed by atoms with Crippen molar-refractivity contribution in [3.63, 3.8) is 0 Å². The summed E-state index contributed by atoms with van der Waals surface area (Å²) in [6.45, 7) is 7.96. The van der Waals surface area contributed by atoms with Crippen LogP contribution in [-0.4, -0.2) is 64.1 Å². The van der Waals surface area contributed by atoms with Gasteiger partial charge >= 0.3 is 6.09 Å². The minimum absolute atomic E-state index is 0.133. The van der Waals surface area contributed by atoms with Gasteiger partial charge in [0.1, 0.15) is 11.6 Å². The molecule has 3 amide bonds. The van der Waals surface area contributed by atoms with E-state index in [-0.39, 0.29) is 5.91 Å². The third-order valence-electron chi connectivity index (χ3n) is 4.18. The van der Waals surface area contributed by atoms with Gasteiger partial charge in [0.25, 0.3) is 0 Å². The highest BCUT2D eigenvalue weighted by Crippen LogP contribution is 2.32. The van der Waals surface area contributed by atoms with Gasteiger partial charge in [-0.25, -0.2) is 4.79 Å². The quantitative estimate of drug-likeness (QED) is 0.808. The second-order valence-corrected chi connectivity index (χ2v) is 8.40. The Morgan fingerprint density at radius 1 is 1.30 bits per heavy atom. The van der Waals surface area contributed by atoms with Gasteiger partial charge in [-0.1, -0.05) is 0 Å². The van der Waals surface area contributed by atoms with Crippen LogP contribution in [0.15, 0.2) is 0 Å². The molecule has 0 bridgehead atoms. The molecule has 130 valence electrons. The van der Waals surface area contributed by atoms with Crippen molar-refractivity contribution in [2.75, 3.05) is 24.7 Å². The Balaban J connectivity index is 2.04. The summed E-state index contributed by atoms with van der Waals surface area (Å²) in [6.07, 6.45) is 0.0816. The average Bonchev–Trinajstić information content (AvgIpc) is 3.03. The lowest BCUT2D eigenvalue weighted by Crippen LogP contribution is -2.50. The maximum atomic E-state index is 12.7. The molecule has 0 aliphatic carbocycles. The van der Waals surface area contributed by atoms with Crippen LogP contribution in [0.4, 0.5) is 4.79 Å². The molecule has 0 radical (unpaired) electrons. The minimum atomic E-state index is -0.682. The van der Waals surface area contributed by atoms with Crippen LogP contribution in [-0.2, 0) is 14.3 Å². The predicted molar refractivity (Wildman–Crippen MR) is 87.7 cm³/mol. The number of thioether (sulfide) groups is 1. The Hall–Kier alpha value is -1.44. The first-order chi connectivity index (χ1) is 10.5. The molecule has 7 nitrogen and oxygen atoms in total. The van der Waals surface area contributed by atoms with Crippen molar-refractivity contribution < 1.29 is 19.1 Å². The molecule has 2 N–H and O–H groups in total. The molecule has 0 saturated carbocycles. The number of nitrogens with two attached hydrogens (primary N) is 1. The first-order valence-corrected chi connectivity index (χ1v) is 8.85. The van der Waals surface area contributed by atoms with Crippen molar-refractivity contribution in [2.45, 2.75) is 45.8 Å². The highest BCUT2D eigenvalue weighted by Gasteiger charge is 2.45. The molecule has 2 aliphatic rings. The summed E-state index contributed by atoms with van der Waals surface area (Å²) in [5.74, 6) is 0.456. The number of hydrogen-bond donors (Lipinski definition) is 1. The van der Waals surface area contributed by atoms with E-state index in [1.807, 2.05) is 0 Å². The zero-order valence-corrected chi connectivity index (χ0v) is 14.9. The summed E-state index contributed by atoms with van der Waals surface area (Å²) in [6, 6.07) is -0.537. The van der Waals surface area contributed by atoms with Crippen LogP contribution in [0.5, 0.6) is 0 Å². The number of hydrogen-bond acceptors (Lipinski definition) is 5. The van der Waals surface area contributed by atoms with Crippen LogP contribution >= 0.6 is 11.8 Å². The lowest BCUT2D eigenvalue weighted by atomic mass is 9.89. The van der Waals surface area contributed by atoms with Gasteiger partial charge in [-0.15, -0.1) is 11.8 Å². The molecule has 2 fully saturated rings. The second-order valence-electron chi connectivity index (χ2n) is 7.40. The highest BCUT2D eigenvalue weighted by molar-refractivity contribution is 7.99. The normalized spacial score (nSPS) is 28.1. The van der Waals surface area contributed by atoms with E-state index in [9.17, 15) is 14.4 Å². The third kappa shape index (κ3) is 3.91. The van der Waals surface area contributed by atoms with E-state index < -0.39 is 29.1 Å². The van der Waals surface area contributed by atoms with Crippen molar-refractivity contribution in [2.24, 2.45) is 11.1 Å². The van der Waals surface area contributed by atoms with Gasteiger partial charge < -0.3 is 15.4 Å². The van der Waals surface area contributed by atoms with Crippen molar-refractivity contribution in [3.8, 4) is 0 Å². The number of nitrogens with zero attached hydrogens (tertiary/aromatic N) is 2. The van der Waals surface area contributed by atoms with Crippen molar-refractivity contribution >= 4 is 29.7 Å². The average molecular weight is 343 g/mol. The predicted octanol–water partition coefficient (Wildman–Crippen LogP) is 1.02. The molecular formula is C15H25N3O4S. The number of amides is 3. The Labute approximate surface area is 140 Å². The van der Waals surface area contributed by atoms with Gasteiger partial charge in [-0.05, 0) is 34.1 Å².